The van der Waals surface area contributed by atoms with Crippen LogP contribution in [-0.4, -0.2) is 30.6 Å². The van der Waals surface area contributed by atoms with Crippen molar-refractivity contribution in [1.29, 1.82) is 0 Å². The Morgan fingerprint density at radius 2 is 1.64 bits per heavy atom. The van der Waals surface area contributed by atoms with E-state index in [2.05, 4.69) is 25.7 Å². The molecule has 2 heteroatoms. The van der Waals surface area contributed by atoms with E-state index in [0.717, 1.165) is 6.54 Å². The van der Waals surface area contributed by atoms with Gasteiger partial charge in [-0.05, 0) is 32.9 Å². The Morgan fingerprint density at radius 3 is 1.91 bits per heavy atom. The quantitative estimate of drug-likeness (QED) is 0.634. The van der Waals surface area contributed by atoms with E-state index in [4.69, 9.17) is 5.73 Å². The van der Waals surface area contributed by atoms with Gasteiger partial charge in [-0.25, -0.2) is 0 Å². The maximum absolute atomic E-state index is 5.59. The van der Waals surface area contributed by atoms with Crippen LogP contribution >= 0.6 is 0 Å². The van der Waals surface area contributed by atoms with Crippen molar-refractivity contribution in [2.75, 3.05) is 19.6 Å². The van der Waals surface area contributed by atoms with Crippen LogP contribution in [0.25, 0.3) is 0 Å². The average Bonchev–Trinajstić information content (AvgIpc) is 2.03. The predicted octanol–water partition coefficient (Wildman–Crippen LogP) is 1.46. The molecule has 0 aromatic rings. The Morgan fingerprint density at radius 1 is 1.18 bits per heavy atom. The van der Waals surface area contributed by atoms with Crippen molar-refractivity contribution in [3.05, 3.63) is 0 Å². The molecule has 0 aromatic carbocycles. The molecule has 2 N–H and O–H groups in total. The molecule has 0 aliphatic rings. The maximum atomic E-state index is 5.59. The lowest BCUT2D eigenvalue weighted by molar-refractivity contribution is 0.214. The molecule has 0 aliphatic carbocycles. The van der Waals surface area contributed by atoms with Crippen LogP contribution in [0.4, 0.5) is 0 Å². The third kappa shape index (κ3) is 4.38. The third-order valence-electron chi connectivity index (χ3n) is 1.99. The fourth-order valence-corrected chi connectivity index (χ4v) is 1.28. The van der Waals surface area contributed by atoms with Crippen molar-refractivity contribution in [3.8, 4) is 0 Å². The zero-order valence-electron chi connectivity index (χ0n) is 8.14. The summed E-state index contributed by atoms with van der Waals surface area (Å²) in [6, 6.07) is 0.551. The number of nitrogens with two attached hydrogens (primary N) is 1. The minimum absolute atomic E-state index is 0.551. The normalized spacial score (nSPS) is 13.9. The summed E-state index contributed by atoms with van der Waals surface area (Å²) in [5.74, 6) is 0. The standard InChI is InChI=1S/C9H22N2/c1-4-6-11(7-5-2)9(3)8-10/h9H,4-8,10H2,1-3H3/t9-/m0/s1. The lowest BCUT2D eigenvalue weighted by Crippen LogP contribution is -2.39. The fourth-order valence-electron chi connectivity index (χ4n) is 1.28. The molecule has 0 rings (SSSR count). The van der Waals surface area contributed by atoms with Gasteiger partial charge in [-0.15, -0.1) is 0 Å². The number of nitrogens with zero attached hydrogens (tertiary/aromatic N) is 1. The van der Waals surface area contributed by atoms with Gasteiger partial charge in [0.15, 0.2) is 0 Å². The van der Waals surface area contributed by atoms with Gasteiger partial charge in [-0.3, -0.25) is 4.90 Å². The van der Waals surface area contributed by atoms with Gasteiger partial charge in [0, 0.05) is 12.6 Å². The number of hydrogen-bond donors (Lipinski definition) is 1. The minimum Gasteiger partial charge on any atom is -0.329 e. The van der Waals surface area contributed by atoms with Crippen LogP contribution in [0.15, 0.2) is 0 Å². The molecular formula is C9H22N2. The maximum Gasteiger partial charge on any atom is 0.0190 e. The van der Waals surface area contributed by atoms with Crippen molar-refractivity contribution in [1.82, 2.24) is 4.90 Å². The van der Waals surface area contributed by atoms with Crippen LogP contribution in [-0.2, 0) is 0 Å². The highest BCUT2D eigenvalue weighted by molar-refractivity contribution is 4.66. The van der Waals surface area contributed by atoms with E-state index in [0.29, 0.717) is 6.04 Å². The van der Waals surface area contributed by atoms with Crippen LogP contribution < -0.4 is 5.73 Å². The molecule has 0 saturated carbocycles. The summed E-state index contributed by atoms with van der Waals surface area (Å²) in [6.07, 6.45) is 2.45. The van der Waals surface area contributed by atoms with Gasteiger partial charge in [0.05, 0.1) is 0 Å². The van der Waals surface area contributed by atoms with E-state index in [9.17, 15) is 0 Å². The van der Waals surface area contributed by atoms with Crippen LogP contribution in [0.3, 0.4) is 0 Å². The first-order valence-electron chi connectivity index (χ1n) is 4.70. The summed E-state index contributed by atoms with van der Waals surface area (Å²) in [6.45, 7) is 9.78. The van der Waals surface area contributed by atoms with Gasteiger partial charge in [0.25, 0.3) is 0 Å². The second kappa shape index (κ2) is 6.62. The molecule has 0 radical (unpaired) electrons. The van der Waals surface area contributed by atoms with Gasteiger partial charge in [-0.1, -0.05) is 13.8 Å². The molecule has 0 aliphatic heterocycles. The second-order valence-corrected chi connectivity index (χ2v) is 3.12. The molecule has 0 fully saturated rings. The van der Waals surface area contributed by atoms with Gasteiger partial charge >= 0.3 is 0 Å². The van der Waals surface area contributed by atoms with Gasteiger partial charge in [0.1, 0.15) is 0 Å². The first-order valence-corrected chi connectivity index (χ1v) is 4.70. The molecule has 1 atom stereocenters. The van der Waals surface area contributed by atoms with Crippen molar-refractivity contribution >= 4 is 0 Å². The van der Waals surface area contributed by atoms with E-state index in [-0.39, 0.29) is 0 Å². The summed E-state index contributed by atoms with van der Waals surface area (Å²) in [5, 5.41) is 0. The third-order valence-corrected chi connectivity index (χ3v) is 1.99. The van der Waals surface area contributed by atoms with Crippen molar-refractivity contribution in [2.45, 2.75) is 39.7 Å². The number of hydrogen-bond acceptors (Lipinski definition) is 2. The molecule has 0 amide bonds. The largest absolute Gasteiger partial charge is 0.329 e. The Balaban J connectivity index is 3.66. The van der Waals surface area contributed by atoms with E-state index in [1.54, 1.807) is 0 Å². The molecule has 2 nitrogen and oxygen atoms in total. The predicted molar refractivity (Wildman–Crippen MR) is 50.7 cm³/mol. The molecule has 11 heavy (non-hydrogen) atoms. The van der Waals surface area contributed by atoms with Crippen LogP contribution in [0.1, 0.15) is 33.6 Å². The zero-order chi connectivity index (χ0) is 8.69. The van der Waals surface area contributed by atoms with E-state index >= 15 is 0 Å². The molecule has 0 unspecified atom stereocenters. The molecule has 0 aromatic heterocycles. The summed E-state index contributed by atoms with van der Waals surface area (Å²) >= 11 is 0. The summed E-state index contributed by atoms with van der Waals surface area (Å²) in [4.78, 5) is 2.46. The molecular weight excluding hydrogens is 136 g/mol. The summed E-state index contributed by atoms with van der Waals surface area (Å²) in [7, 11) is 0. The lowest BCUT2D eigenvalue weighted by atomic mass is 10.2. The first-order chi connectivity index (χ1) is 5.26. The van der Waals surface area contributed by atoms with Crippen molar-refractivity contribution < 1.29 is 0 Å². The van der Waals surface area contributed by atoms with E-state index in [1.165, 1.54) is 25.9 Å². The van der Waals surface area contributed by atoms with Gasteiger partial charge < -0.3 is 5.73 Å². The summed E-state index contributed by atoms with van der Waals surface area (Å²) in [5.41, 5.74) is 5.59. The van der Waals surface area contributed by atoms with E-state index < -0.39 is 0 Å². The minimum atomic E-state index is 0.551. The molecule has 0 bridgehead atoms. The van der Waals surface area contributed by atoms with Gasteiger partial charge in [0.2, 0.25) is 0 Å². The molecule has 68 valence electrons. The second-order valence-electron chi connectivity index (χ2n) is 3.12. The zero-order valence-corrected chi connectivity index (χ0v) is 8.14. The Bertz CT molecular complexity index is 77.6. The topological polar surface area (TPSA) is 29.3 Å². The van der Waals surface area contributed by atoms with Crippen LogP contribution in [0, 0.1) is 0 Å². The Labute approximate surface area is 70.8 Å². The smallest absolute Gasteiger partial charge is 0.0190 e. The van der Waals surface area contributed by atoms with Crippen LogP contribution in [0.5, 0.6) is 0 Å². The monoisotopic (exact) mass is 158 g/mol. The highest BCUT2D eigenvalue weighted by Gasteiger charge is 2.08. The number of rotatable bonds is 6. The molecule has 0 spiro atoms. The SMILES string of the molecule is CCCN(CCC)[C@@H](C)CN. The molecule has 0 saturated heterocycles. The van der Waals surface area contributed by atoms with E-state index in [1.807, 2.05) is 0 Å². The Hall–Kier alpha value is -0.0800. The van der Waals surface area contributed by atoms with Crippen molar-refractivity contribution in [3.63, 3.8) is 0 Å². The summed E-state index contributed by atoms with van der Waals surface area (Å²) < 4.78 is 0. The fraction of sp³-hybridized carbons (Fsp3) is 1.00. The Kier molecular flexibility index (Phi) is 6.57. The van der Waals surface area contributed by atoms with Crippen LogP contribution in [0.2, 0.25) is 0 Å². The highest BCUT2D eigenvalue weighted by Crippen LogP contribution is 1.99. The molecule has 0 heterocycles. The first kappa shape index (κ1) is 10.9. The van der Waals surface area contributed by atoms with Crippen molar-refractivity contribution in [2.24, 2.45) is 5.73 Å². The highest BCUT2D eigenvalue weighted by atomic mass is 15.2. The van der Waals surface area contributed by atoms with Gasteiger partial charge in [-0.2, -0.15) is 0 Å². The lowest BCUT2D eigenvalue weighted by Gasteiger charge is -2.27. The average molecular weight is 158 g/mol.